The predicted octanol–water partition coefficient (Wildman–Crippen LogP) is 8.14. The number of hydrogen-bond acceptors (Lipinski definition) is 4. The highest BCUT2D eigenvalue weighted by atomic mass is 17.3. The first-order chi connectivity index (χ1) is 13.4. The fraction of sp³-hybridized carbons (Fsp3) is 1.00. The van der Waals surface area contributed by atoms with E-state index in [1.807, 2.05) is 0 Å². The highest BCUT2D eigenvalue weighted by Crippen LogP contribution is 2.51. The first-order valence-corrected chi connectivity index (χ1v) is 12.1. The van der Waals surface area contributed by atoms with Crippen LogP contribution < -0.4 is 0 Å². The minimum atomic E-state index is -0.894. The Morgan fingerprint density at radius 1 is 0.793 bits per heavy atom. The summed E-state index contributed by atoms with van der Waals surface area (Å²) in [6, 6.07) is 0. The van der Waals surface area contributed by atoms with Gasteiger partial charge < -0.3 is 0 Å². The van der Waals surface area contributed by atoms with E-state index in [2.05, 4.69) is 62.3 Å². The second kappa shape index (κ2) is 11.5. The average Bonchev–Trinajstić information content (AvgIpc) is 2.62. The Hall–Kier alpha value is -0.160. The van der Waals surface area contributed by atoms with Crippen LogP contribution in [0.4, 0.5) is 0 Å². The van der Waals surface area contributed by atoms with Crippen molar-refractivity contribution in [3.63, 3.8) is 0 Å². The second-order valence-electron chi connectivity index (χ2n) is 11.0. The van der Waals surface area contributed by atoms with Gasteiger partial charge in [-0.2, -0.15) is 9.78 Å². The van der Waals surface area contributed by atoms with Crippen LogP contribution in [0, 0.1) is 11.3 Å². The van der Waals surface area contributed by atoms with Crippen molar-refractivity contribution in [3.05, 3.63) is 0 Å². The Balaban J connectivity index is 2.88. The van der Waals surface area contributed by atoms with E-state index in [1.165, 1.54) is 32.1 Å². The van der Waals surface area contributed by atoms with Crippen molar-refractivity contribution in [3.8, 4) is 0 Å². The lowest BCUT2D eigenvalue weighted by atomic mass is 9.65. The molecule has 0 aliphatic heterocycles. The third-order valence-electron chi connectivity index (χ3n) is 6.93. The zero-order valence-corrected chi connectivity index (χ0v) is 21.0. The van der Waals surface area contributed by atoms with Gasteiger partial charge in [0.2, 0.25) is 5.79 Å². The summed E-state index contributed by atoms with van der Waals surface area (Å²) >= 11 is 0. The lowest BCUT2D eigenvalue weighted by molar-refractivity contribution is -0.570. The summed E-state index contributed by atoms with van der Waals surface area (Å²) in [6.07, 6.45) is 12.0. The number of hydrogen-bond donors (Lipinski definition) is 0. The van der Waals surface area contributed by atoms with Crippen molar-refractivity contribution in [2.75, 3.05) is 0 Å². The van der Waals surface area contributed by atoms with E-state index in [9.17, 15) is 0 Å². The molecule has 0 amide bonds. The van der Waals surface area contributed by atoms with Gasteiger partial charge in [0, 0.05) is 11.8 Å². The van der Waals surface area contributed by atoms with E-state index in [-0.39, 0.29) is 16.6 Å². The van der Waals surface area contributed by atoms with E-state index in [0.717, 1.165) is 38.5 Å². The van der Waals surface area contributed by atoms with Crippen LogP contribution >= 0.6 is 0 Å². The Morgan fingerprint density at radius 3 is 1.66 bits per heavy atom. The van der Waals surface area contributed by atoms with Crippen LogP contribution in [-0.2, 0) is 19.6 Å². The Morgan fingerprint density at radius 2 is 1.24 bits per heavy atom. The van der Waals surface area contributed by atoms with E-state index < -0.39 is 5.79 Å². The molecule has 1 fully saturated rings. The van der Waals surface area contributed by atoms with Crippen molar-refractivity contribution in [1.82, 2.24) is 0 Å². The number of unbranched alkanes of at least 4 members (excludes halogenated alkanes) is 4. The molecular weight excluding hydrogens is 364 g/mol. The molecule has 0 spiro atoms. The van der Waals surface area contributed by atoms with Crippen LogP contribution in [0.5, 0.6) is 0 Å². The summed E-state index contributed by atoms with van der Waals surface area (Å²) < 4.78 is 0. The van der Waals surface area contributed by atoms with Crippen LogP contribution in [0.15, 0.2) is 0 Å². The third-order valence-corrected chi connectivity index (χ3v) is 6.93. The second-order valence-corrected chi connectivity index (χ2v) is 11.0. The van der Waals surface area contributed by atoms with Crippen molar-refractivity contribution < 1.29 is 19.6 Å². The van der Waals surface area contributed by atoms with E-state index in [0.29, 0.717) is 5.92 Å². The Labute approximate surface area is 181 Å². The maximum atomic E-state index is 6.23. The summed E-state index contributed by atoms with van der Waals surface area (Å²) in [7, 11) is 0. The summed E-state index contributed by atoms with van der Waals surface area (Å²) in [5.41, 5.74) is -0.915. The topological polar surface area (TPSA) is 36.9 Å². The predicted molar refractivity (Wildman–Crippen MR) is 120 cm³/mol. The highest BCUT2D eigenvalue weighted by molar-refractivity contribution is 4.94. The third kappa shape index (κ3) is 8.12. The monoisotopic (exact) mass is 414 g/mol. The molecule has 0 radical (unpaired) electrons. The zero-order chi connectivity index (χ0) is 22.2. The van der Waals surface area contributed by atoms with Crippen molar-refractivity contribution >= 4 is 0 Å². The average molecular weight is 415 g/mol. The summed E-state index contributed by atoms with van der Waals surface area (Å²) in [5, 5.41) is 0. The first-order valence-electron chi connectivity index (χ1n) is 12.1. The molecule has 1 unspecified atom stereocenters. The molecule has 0 aromatic carbocycles. The van der Waals surface area contributed by atoms with Gasteiger partial charge in [-0.1, -0.05) is 73.1 Å². The highest BCUT2D eigenvalue weighted by Gasteiger charge is 2.56. The molecule has 0 bridgehead atoms. The van der Waals surface area contributed by atoms with Gasteiger partial charge in [-0.05, 0) is 59.3 Å². The standard InChI is InChI=1S/C25H50O4/c1-10-12-14-18-22(4,5)26-28-25(20-16-17-21(3)24(25,8)9)29-27-23(6,7)19-15-13-11-2/h21H,10-20H2,1-9H3. The maximum absolute atomic E-state index is 6.23. The van der Waals surface area contributed by atoms with Crippen LogP contribution in [0.25, 0.3) is 0 Å². The van der Waals surface area contributed by atoms with Gasteiger partial charge in [-0.15, -0.1) is 0 Å². The SMILES string of the molecule is CCCCCC(C)(C)OOC1(OOC(C)(C)CCCCC)CCCC(C)C1(C)C. The molecule has 0 heterocycles. The van der Waals surface area contributed by atoms with Gasteiger partial charge in [-0.25, -0.2) is 9.78 Å². The molecule has 4 heteroatoms. The van der Waals surface area contributed by atoms with Crippen molar-refractivity contribution in [1.29, 1.82) is 0 Å². The van der Waals surface area contributed by atoms with Gasteiger partial charge in [0.25, 0.3) is 0 Å². The Bertz CT molecular complexity index is 430. The van der Waals surface area contributed by atoms with E-state index in [1.54, 1.807) is 0 Å². The smallest absolute Gasteiger partial charge is 0.228 e. The maximum Gasteiger partial charge on any atom is 0.239 e. The minimum Gasteiger partial charge on any atom is -0.228 e. The van der Waals surface area contributed by atoms with Crippen LogP contribution in [0.2, 0.25) is 0 Å². The molecule has 4 nitrogen and oxygen atoms in total. The molecule has 0 aromatic rings. The van der Waals surface area contributed by atoms with E-state index in [4.69, 9.17) is 19.6 Å². The summed E-state index contributed by atoms with van der Waals surface area (Å²) in [5.74, 6) is -0.441. The van der Waals surface area contributed by atoms with Gasteiger partial charge in [0.05, 0.1) is 11.2 Å². The van der Waals surface area contributed by atoms with E-state index >= 15 is 0 Å². The molecule has 1 saturated carbocycles. The fourth-order valence-electron chi connectivity index (χ4n) is 4.06. The van der Waals surface area contributed by atoms with Gasteiger partial charge >= 0.3 is 0 Å². The molecule has 174 valence electrons. The molecule has 0 aromatic heterocycles. The van der Waals surface area contributed by atoms with Gasteiger partial charge in [0.15, 0.2) is 0 Å². The van der Waals surface area contributed by atoms with Crippen LogP contribution in [-0.4, -0.2) is 17.0 Å². The van der Waals surface area contributed by atoms with Crippen LogP contribution in [0.3, 0.4) is 0 Å². The largest absolute Gasteiger partial charge is 0.239 e. The summed E-state index contributed by atoms with van der Waals surface area (Å²) in [4.78, 5) is 24.6. The number of rotatable bonds is 14. The van der Waals surface area contributed by atoms with Gasteiger partial charge in [0.1, 0.15) is 0 Å². The quantitative estimate of drug-likeness (QED) is 0.124. The molecule has 1 rings (SSSR count). The molecule has 1 atom stereocenters. The fourth-order valence-corrected chi connectivity index (χ4v) is 4.06. The molecule has 1 aliphatic rings. The Kier molecular flexibility index (Phi) is 10.6. The molecule has 0 N–H and O–H groups in total. The molecule has 29 heavy (non-hydrogen) atoms. The van der Waals surface area contributed by atoms with Crippen molar-refractivity contribution in [2.24, 2.45) is 11.3 Å². The molecule has 0 saturated heterocycles. The van der Waals surface area contributed by atoms with Crippen LogP contribution in [0.1, 0.15) is 133 Å². The first kappa shape index (κ1) is 26.9. The van der Waals surface area contributed by atoms with Gasteiger partial charge in [-0.3, -0.25) is 0 Å². The minimum absolute atomic E-state index is 0.218. The lowest BCUT2D eigenvalue weighted by Gasteiger charge is -2.51. The summed E-state index contributed by atoms with van der Waals surface area (Å²) in [6.45, 7) is 19.6. The molecular formula is C25H50O4. The normalized spacial score (nSPS) is 22.0. The van der Waals surface area contributed by atoms with Crippen molar-refractivity contribution in [2.45, 2.75) is 150 Å². The lowest BCUT2D eigenvalue weighted by Crippen LogP contribution is -2.56. The molecule has 1 aliphatic carbocycles. The zero-order valence-electron chi connectivity index (χ0n) is 21.0.